The van der Waals surface area contributed by atoms with Crippen LogP contribution in [0.15, 0.2) is 83.7 Å². The predicted octanol–water partition coefficient (Wildman–Crippen LogP) is 5.19. The number of anilines is 1. The van der Waals surface area contributed by atoms with Crippen molar-refractivity contribution in [2.75, 3.05) is 11.9 Å². The van der Waals surface area contributed by atoms with Crippen molar-refractivity contribution in [1.29, 1.82) is 0 Å². The van der Waals surface area contributed by atoms with E-state index in [1.807, 2.05) is 73.7 Å². The van der Waals surface area contributed by atoms with Crippen LogP contribution in [0.25, 0.3) is 16.8 Å². The Kier molecular flexibility index (Phi) is 6.45. The van der Waals surface area contributed by atoms with Crippen LogP contribution in [-0.4, -0.2) is 21.9 Å². The molecule has 0 bridgehead atoms. The first kappa shape index (κ1) is 22.1. The zero-order valence-corrected chi connectivity index (χ0v) is 19.0. The Labute approximate surface area is 193 Å². The minimum Gasteiger partial charge on any atom is -0.494 e. The number of rotatable bonds is 7. The highest BCUT2D eigenvalue weighted by molar-refractivity contribution is 6.04. The molecule has 0 fully saturated rings. The smallest absolute Gasteiger partial charge is 0.295 e. The number of amides is 1. The van der Waals surface area contributed by atoms with Crippen molar-refractivity contribution in [3.8, 4) is 22.6 Å². The molecule has 4 aromatic rings. The molecule has 4 rings (SSSR count). The van der Waals surface area contributed by atoms with Crippen molar-refractivity contribution >= 4 is 11.6 Å². The van der Waals surface area contributed by atoms with Crippen LogP contribution in [0.5, 0.6) is 5.75 Å². The van der Waals surface area contributed by atoms with Crippen molar-refractivity contribution in [2.24, 2.45) is 7.05 Å². The van der Waals surface area contributed by atoms with E-state index in [2.05, 4.69) is 12.2 Å². The van der Waals surface area contributed by atoms with Crippen molar-refractivity contribution < 1.29 is 9.53 Å². The maximum absolute atomic E-state index is 13.0. The number of carbonyl (C=O) groups is 1. The van der Waals surface area contributed by atoms with E-state index in [0.29, 0.717) is 17.9 Å². The summed E-state index contributed by atoms with van der Waals surface area (Å²) in [5.74, 6) is 0.520. The Balaban J connectivity index is 1.52. The third-order valence-corrected chi connectivity index (χ3v) is 5.60. The molecule has 6 heteroatoms. The van der Waals surface area contributed by atoms with E-state index in [-0.39, 0.29) is 17.2 Å². The number of hydrogen-bond acceptors (Lipinski definition) is 3. The first-order chi connectivity index (χ1) is 16.0. The van der Waals surface area contributed by atoms with E-state index >= 15 is 0 Å². The fourth-order valence-corrected chi connectivity index (χ4v) is 3.68. The summed E-state index contributed by atoms with van der Waals surface area (Å²) < 4.78 is 8.91. The largest absolute Gasteiger partial charge is 0.494 e. The molecule has 0 aliphatic carbocycles. The standard InChI is InChI=1S/C27H27N3O3/c1-4-18-33-24-16-14-21(15-17-24)20-10-12-22(13-11-20)26(31)28-25-19(2)29(3)30(27(25)32)23-8-6-5-7-9-23/h5-17H,4,18H2,1-3H3,(H,28,31). The third kappa shape index (κ3) is 4.60. The second-order valence-electron chi connectivity index (χ2n) is 7.84. The number of para-hydroxylation sites is 1. The number of carbonyl (C=O) groups excluding carboxylic acids is 1. The summed E-state index contributed by atoms with van der Waals surface area (Å²) >= 11 is 0. The molecule has 0 atom stereocenters. The number of nitrogens with zero attached hydrogens (tertiary/aromatic N) is 2. The van der Waals surface area contributed by atoms with Gasteiger partial charge >= 0.3 is 0 Å². The summed E-state index contributed by atoms with van der Waals surface area (Å²) in [6.45, 7) is 4.58. The average Bonchev–Trinajstić information content (AvgIpc) is 3.06. The van der Waals surface area contributed by atoms with E-state index in [9.17, 15) is 9.59 Å². The maximum Gasteiger partial charge on any atom is 0.295 e. The van der Waals surface area contributed by atoms with Gasteiger partial charge in [0, 0.05) is 12.6 Å². The quantitative estimate of drug-likeness (QED) is 0.429. The van der Waals surface area contributed by atoms with Crippen LogP contribution >= 0.6 is 0 Å². The van der Waals surface area contributed by atoms with Crippen molar-refractivity contribution in [1.82, 2.24) is 9.36 Å². The summed E-state index contributed by atoms with van der Waals surface area (Å²) in [7, 11) is 1.80. The van der Waals surface area contributed by atoms with Crippen LogP contribution in [0, 0.1) is 6.92 Å². The summed E-state index contributed by atoms with van der Waals surface area (Å²) in [6, 6.07) is 24.6. The lowest BCUT2D eigenvalue weighted by Gasteiger charge is -2.08. The highest BCUT2D eigenvalue weighted by atomic mass is 16.5. The Bertz CT molecular complexity index is 1300. The molecular formula is C27H27N3O3. The second kappa shape index (κ2) is 9.61. The number of aromatic nitrogens is 2. The van der Waals surface area contributed by atoms with E-state index in [0.717, 1.165) is 29.0 Å². The molecule has 6 nitrogen and oxygen atoms in total. The van der Waals surface area contributed by atoms with Gasteiger partial charge in [0.15, 0.2) is 0 Å². The Morgan fingerprint density at radius 2 is 1.52 bits per heavy atom. The molecule has 1 amide bonds. The van der Waals surface area contributed by atoms with Crippen LogP contribution in [0.1, 0.15) is 29.4 Å². The van der Waals surface area contributed by atoms with Gasteiger partial charge in [0.25, 0.3) is 11.5 Å². The molecule has 0 unspecified atom stereocenters. The first-order valence-corrected chi connectivity index (χ1v) is 11.0. The van der Waals surface area contributed by atoms with E-state index in [4.69, 9.17) is 4.74 Å². The van der Waals surface area contributed by atoms with E-state index in [1.54, 1.807) is 28.5 Å². The molecule has 1 aromatic heterocycles. The van der Waals surface area contributed by atoms with E-state index < -0.39 is 0 Å². The number of hydrogen-bond donors (Lipinski definition) is 1. The van der Waals surface area contributed by atoms with Crippen molar-refractivity contribution in [3.63, 3.8) is 0 Å². The van der Waals surface area contributed by atoms with Gasteiger partial charge in [-0.15, -0.1) is 0 Å². The molecule has 0 radical (unpaired) electrons. The third-order valence-electron chi connectivity index (χ3n) is 5.60. The normalized spacial score (nSPS) is 10.8. The topological polar surface area (TPSA) is 65.3 Å². The number of ether oxygens (including phenoxy) is 1. The fraction of sp³-hybridized carbons (Fsp3) is 0.185. The van der Waals surface area contributed by atoms with Crippen LogP contribution in [0.3, 0.4) is 0 Å². The maximum atomic E-state index is 13.0. The van der Waals surface area contributed by atoms with Crippen LogP contribution in [0.2, 0.25) is 0 Å². The highest BCUT2D eigenvalue weighted by Gasteiger charge is 2.18. The zero-order chi connectivity index (χ0) is 23.4. The van der Waals surface area contributed by atoms with Gasteiger partial charge in [-0.25, -0.2) is 4.68 Å². The fourth-order valence-electron chi connectivity index (χ4n) is 3.68. The number of benzene rings is 3. The van der Waals surface area contributed by atoms with Crippen LogP contribution in [0.4, 0.5) is 5.69 Å². The van der Waals surface area contributed by atoms with Gasteiger partial charge in [0.2, 0.25) is 0 Å². The highest BCUT2D eigenvalue weighted by Crippen LogP contribution is 2.23. The van der Waals surface area contributed by atoms with Gasteiger partial charge in [-0.3, -0.25) is 14.3 Å². The van der Waals surface area contributed by atoms with Crippen molar-refractivity contribution in [2.45, 2.75) is 20.3 Å². The molecule has 33 heavy (non-hydrogen) atoms. The second-order valence-corrected chi connectivity index (χ2v) is 7.84. The lowest BCUT2D eigenvalue weighted by Crippen LogP contribution is -2.22. The van der Waals surface area contributed by atoms with Gasteiger partial charge in [0.05, 0.1) is 18.0 Å². The lowest BCUT2D eigenvalue weighted by molar-refractivity contribution is 0.102. The molecule has 3 aromatic carbocycles. The van der Waals surface area contributed by atoms with Crippen LogP contribution < -0.4 is 15.6 Å². The SMILES string of the molecule is CCCOc1ccc(-c2ccc(C(=O)Nc3c(C)n(C)n(-c4ccccc4)c3=O)cc2)cc1. The lowest BCUT2D eigenvalue weighted by atomic mass is 10.0. The van der Waals surface area contributed by atoms with Crippen molar-refractivity contribution in [3.05, 3.63) is 100 Å². The molecule has 0 aliphatic heterocycles. The van der Waals surface area contributed by atoms with Gasteiger partial charge in [-0.1, -0.05) is 49.4 Å². The van der Waals surface area contributed by atoms with Gasteiger partial charge in [0.1, 0.15) is 11.4 Å². The van der Waals surface area contributed by atoms with Gasteiger partial charge < -0.3 is 10.1 Å². The Morgan fingerprint density at radius 3 is 2.12 bits per heavy atom. The molecular weight excluding hydrogens is 414 g/mol. The van der Waals surface area contributed by atoms with Gasteiger partial charge in [-0.2, -0.15) is 0 Å². The molecule has 1 heterocycles. The van der Waals surface area contributed by atoms with Gasteiger partial charge in [-0.05, 0) is 60.9 Å². The Hall–Kier alpha value is -4.06. The average molecular weight is 442 g/mol. The summed E-state index contributed by atoms with van der Waals surface area (Å²) in [6.07, 6.45) is 0.966. The minimum absolute atomic E-state index is 0.267. The molecule has 1 N–H and O–H groups in total. The predicted molar refractivity (Wildman–Crippen MR) is 131 cm³/mol. The molecule has 0 saturated heterocycles. The monoisotopic (exact) mass is 441 g/mol. The summed E-state index contributed by atoms with van der Waals surface area (Å²) in [4.78, 5) is 25.9. The number of nitrogens with one attached hydrogen (secondary N) is 1. The summed E-state index contributed by atoms with van der Waals surface area (Å²) in [5, 5.41) is 2.80. The zero-order valence-electron chi connectivity index (χ0n) is 19.0. The molecule has 168 valence electrons. The summed E-state index contributed by atoms with van der Waals surface area (Å²) in [5.41, 5.74) is 3.94. The molecule has 0 saturated carbocycles. The molecule has 0 aliphatic rings. The minimum atomic E-state index is -0.323. The Morgan fingerprint density at radius 1 is 0.909 bits per heavy atom. The first-order valence-electron chi connectivity index (χ1n) is 11.0. The van der Waals surface area contributed by atoms with E-state index in [1.165, 1.54) is 0 Å². The molecule has 0 spiro atoms. The van der Waals surface area contributed by atoms with Crippen LogP contribution in [-0.2, 0) is 7.05 Å².